The normalized spacial score (nSPS) is 10.5. The zero-order valence-electron chi connectivity index (χ0n) is 9.75. The lowest BCUT2D eigenvalue weighted by Crippen LogP contribution is -1.99. The maximum atomic E-state index is 13.1. The highest BCUT2D eigenvalue weighted by Crippen LogP contribution is 2.18. The van der Waals surface area contributed by atoms with Gasteiger partial charge in [-0.2, -0.15) is 0 Å². The van der Waals surface area contributed by atoms with E-state index in [4.69, 9.17) is 12.2 Å². The predicted molar refractivity (Wildman–Crippen MR) is 68.9 cm³/mol. The first-order valence-electron chi connectivity index (χ1n) is 5.47. The molecule has 2 rings (SSSR count). The molecular weight excluding hydrogens is 235 g/mol. The number of aryl methyl sites for hydroxylation is 1. The molecule has 1 N–H and O–H groups in total. The molecule has 0 radical (unpaired) electrons. The topological polar surface area (TPSA) is 28.7 Å². The molecule has 0 aliphatic rings. The highest BCUT2D eigenvalue weighted by atomic mass is 32.1. The van der Waals surface area contributed by atoms with Crippen LogP contribution in [0.3, 0.4) is 0 Å². The van der Waals surface area contributed by atoms with Gasteiger partial charge in [-0.1, -0.05) is 31.3 Å². The third-order valence-electron chi connectivity index (χ3n) is 2.68. The molecule has 0 fully saturated rings. The second-order valence-electron chi connectivity index (χ2n) is 3.86. The van der Waals surface area contributed by atoms with Gasteiger partial charge in [0, 0.05) is 16.8 Å². The number of hydrogen-bond donors (Lipinski definition) is 1. The van der Waals surface area contributed by atoms with Gasteiger partial charge in [0.15, 0.2) is 0 Å². The molecule has 0 amide bonds. The highest BCUT2D eigenvalue weighted by Gasteiger charge is 2.06. The van der Waals surface area contributed by atoms with Crippen LogP contribution in [-0.4, -0.2) is 9.97 Å². The van der Waals surface area contributed by atoms with Crippen molar-refractivity contribution in [1.82, 2.24) is 9.97 Å². The van der Waals surface area contributed by atoms with Crippen molar-refractivity contribution in [3.05, 3.63) is 46.0 Å². The van der Waals surface area contributed by atoms with Gasteiger partial charge >= 0.3 is 0 Å². The van der Waals surface area contributed by atoms with E-state index in [0.29, 0.717) is 16.0 Å². The minimum atomic E-state index is -0.277. The number of nitrogens with zero attached hydrogens (tertiary/aromatic N) is 1. The third kappa shape index (κ3) is 2.42. The molecule has 0 saturated heterocycles. The predicted octanol–water partition coefficient (Wildman–Crippen LogP) is 3.82. The molecule has 1 aromatic heterocycles. The Labute approximate surface area is 105 Å². The Morgan fingerprint density at radius 3 is 2.76 bits per heavy atom. The van der Waals surface area contributed by atoms with E-state index in [9.17, 15) is 4.39 Å². The molecule has 2 aromatic rings. The van der Waals surface area contributed by atoms with Crippen LogP contribution in [0.4, 0.5) is 4.39 Å². The number of nitrogens with one attached hydrogen (secondary N) is 1. The molecule has 0 atom stereocenters. The van der Waals surface area contributed by atoms with Gasteiger partial charge in [-0.15, -0.1) is 0 Å². The SMILES string of the molecule is CCc1c(C)[nH]c(-c2cccc(F)c2)nc1=S. The summed E-state index contributed by atoms with van der Waals surface area (Å²) in [6.07, 6.45) is 0.845. The first-order valence-corrected chi connectivity index (χ1v) is 5.88. The fourth-order valence-corrected chi connectivity index (χ4v) is 2.19. The number of H-pyrrole nitrogens is 1. The zero-order chi connectivity index (χ0) is 12.4. The van der Waals surface area contributed by atoms with E-state index in [2.05, 4.69) is 9.97 Å². The van der Waals surface area contributed by atoms with Gasteiger partial charge in [0.25, 0.3) is 0 Å². The van der Waals surface area contributed by atoms with Crippen molar-refractivity contribution < 1.29 is 4.39 Å². The second-order valence-corrected chi connectivity index (χ2v) is 4.24. The van der Waals surface area contributed by atoms with Crippen LogP contribution < -0.4 is 0 Å². The van der Waals surface area contributed by atoms with Gasteiger partial charge < -0.3 is 4.98 Å². The fourth-order valence-electron chi connectivity index (χ4n) is 1.80. The number of aromatic amines is 1. The smallest absolute Gasteiger partial charge is 0.139 e. The summed E-state index contributed by atoms with van der Waals surface area (Å²) in [4.78, 5) is 7.48. The van der Waals surface area contributed by atoms with Gasteiger partial charge in [0.1, 0.15) is 16.3 Å². The molecule has 0 aliphatic carbocycles. The Kier molecular flexibility index (Phi) is 3.33. The number of rotatable bonds is 2. The Morgan fingerprint density at radius 1 is 1.41 bits per heavy atom. The fraction of sp³-hybridized carbons (Fsp3) is 0.231. The molecule has 0 bridgehead atoms. The van der Waals surface area contributed by atoms with Crippen LogP contribution in [0.1, 0.15) is 18.2 Å². The lowest BCUT2D eigenvalue weighted by Gasteiger charge is -2.07. The minimum absolute atomic E-state index is 0.277. The van der Waals surface area contributed by atoms with Crippen LogP contribution in [0.25, 0.3) is 11.4 Å². The van der Waals surface area contributed by atoms with Crippen LogP contribution >= 0.6 is 12.2 Å². The van der Waals surface area contributed by atoms with E-state index < -0.39 is 0 Å². The summed E-state index contributed by atoms with van der Waals surface area (Å²) in [7, 11) is 0. The molecule has 0 aliphatic heterocycles. The molecule has 17 heavy (non-hydrogen) atoms. The Balaban J connectivity index is 2.58. The summed E-state index contributed by atoms with van der Waals surface area (Å²) in [6, 6.07) is 6.32. The Bertz CT molecular complexity index is 605. The average molecular weight is 248 g/mol. The van der Waals surface area contributed by atoms with E-state index in [1.165, 1.54) is 12.1 Å². The van der Waals surface area contributed by atoms with Gasteiger partial charge in [0.2, 0.25) is 0 Å². The van der Waals surface area contributed by atoms with E-state index in [0.717, 1.165) is 17.7 Å². The van der Waals surface area contributed by atoms with Crippen molar-refractivity contribution in [2.24, 2.45) is 0 Å². The highest BCUT2D eigenvalue weighted by molar-refractivity contribution is 7.71. The Morgan fingerprint density at radius 2 is 2.18 bits per heavy atom. The Hall–Kier alpha value is -1.55. The van der Waals surface area contributed by atoms with Crippen molar-refractivity contribution in [1.29, 1.82) is 0 Å². The molecule has 0 saturated carbocycles. The van der Waals surface area contributed by atoms with Crippen LogP contribution in [-0.2, 0) is 6.42 Å². The molecule has 88 valence electrons. The molecule has 2 nitrogen and oxygen atoms in total. The van der Waals surface area contributed by atoms with Crippen molar-refractivity contribution in [3.63, 3.8) is 0 Å². The largest absolute Gasteiger partial charge is 0.343 e. The lowest BCUT2D eigenvalue weighted by molar-refractivity contribution is 0.628. The molecule has 1 heterocycles. The van der Waals surface area contributed by atoms with Crippen LogP contribution in [0.5, 0.6) is 0 Å². The maximum absolute atomic E-state index is 13.1. The second kappa shape index (κ2) is 4.75. The quantitative estimate of drug-likeness (QED) is 0.818. The summed E-state index contributed by atoms with van der Waals surface area (Å²) in [5.41, 5.74) is 2.74. The summed E-state index contributed by atoms with van der Waals surface area (Å²) < 4.78 is 13.7. The lowest BCUT2D eigenvalue weighted by atomic mass is 10.1. The van der Waals surface area contributed by atoms with E-state index in [-0.39, 0.29) is 5.82 Å². The van der Waals surface area contributed by atoms with Crippen molar-refractivity contribution >= 4 is 12.2 Å². The third-order valence-corrected chi connectivity index (χ3v) is 3.02. The van der Waals surface area contributed by atoms with Gasteiger partial charge in [-0.25, -0.2) is 9.37 Å². The number of aromatic nitrogens is 2. The summed E-state index contributed by atoms with van der Waals surface area (Å²) in [5.74, 6) is 0.338. The molecule has 4 heteroatoms. The molecule has 0 spiro atoms. The molecular formula is C13H13FN2S. The summed E-state index contributed by atoms with van der Waals surface area (Å²) in [6.45, 7) is 3.99. The zero-order valence-corrected chi connectivity index (χ0v) is 10.6. The number of hydrogen-bond acceptors (Lipinski definition) is 2. The van der Waals surface area contributed by atoms with Crippen LogP contribution in [0.2, 0.25) is 0 Å². The van der Waals surface area contributed by atoms with E-state index >= 15 is 0 Å². The van der Waals surface area contributed by atoms with Crippen molar-refractivity contribution in [3.8, 4) is 11.4 Å². The summed E-state index contributed by atoms with van der Waals surface area (Å²) >= 11 is 5.23. The minimum Gasteiger partial charge on any atom is -0.343 e. The van der Waals surface area contributed by atoms with Gasteiger partial charge in [-0.3, -0.25) is 0 Å². The van der Waals surface area contributed by atoms with Crippen LogP contribution in [0, 0.1) is 17.4 Å². The van der Waals surface area contributed by atoms with Gasteiger partial charge in [-0.05, 0) is 25.5 Å². The molecule has 1 aromatic carbocycles. The van der Waals surface area contributed by atoms with Gasteiger partial charge in [0.05, 0.1) is 0 Å². The van der Waals surface area contributed by atoms with Crippen molar-refractivity contribution in [2.75, 3.05) is 0 Å². The average Bonchev–Trinajstić information content (AvgIpc) is 2.28. The van der Waals surface area contributed by atoms with E-state index in [1.807, 2.05) is 19.9 Å². The standard InChI is InChI=1S/C13H13FN2S/c1-3-11-8(2)15-12(16-13(11)17)9-5-4-6-10(14)7-9/h4-7H,3H2,1-2H3,(H,15,16,17). The number of benzene rings is 1. The maximum Gasteiger partial charge on any atom is 0.139 e. The summed E-state index contributed by atoms with van der Waals surface area (Å²) in [5, 5.41) is 0. The number of halogens is 1. The van der Waals surface area contributed by atoms with Crippen LogP contribution in [0.15, 0.2) is 24.3 Å². The van der Waals surface area contributed by atoms with E-state index in [1.54, 1.807) is 6.07 Å². The molecule has 0 unspecified atom stereocenters. The first kappa shape index (κ1) is 11.9. The first-order chi connectivity index (χ1) is 8.11. The monoisotopic (exact) mass is 248 g/mol. The van der Waals surface area contributed by atoms with Crippen molar-refractivity contribution in [2.45, 2.75) is 20.3 Å².